The number of carboxylic acid groups (broad SMARTS) is 1. The summed E-state index contributed by atoms with van der Waals surface area (Å²) in [5.41, 5.74) is 1.18. The van der Waals surface area contributed by atoms with E-state index in [1.807, 2.05) is 0 Å². The lowest BCUT2D eigenvalue weighted by molar-refractivity contribution is 0.0696. The maximum absolute atomic E-state index is 13.4. The van der Waals surface area contributed by atoms with E-state index in [2.05, 4.69) is 0 Å². The fourth-order valence-electron chi connectivity index (χ4n) is 1.63. The Morgan fingerprint density at radius 1 is 0.944 bits per heavy atom. The SMILES string of the molecule is O=C(O)c1ccccc1/C=C/c1ccccc1F. The van der Waals surface area contributed by atoms with E-state index >= 15 is 0 Å². The topological polar surface area (TPSA) is 37.3 Å². The minimum atomic E-state index is -0.996. The summed E-state index contributed by atoms with van der Waals surface area (Å²) in [4.78, 5) is 11.0. The second-order valence-electron chi connectivity index (χ2n) is 3.75. The zero-order chi connectivity index (χ0) is 13.0. The van der Waals surface area contributed by atoms with E-state index in [-0.39, 0.29) is 11.4 Å². The number of carboxylic acids is 1. The van der Waals surface area contributed by atoms with E-state index in [4.69, 9.17) is 5.11 Å². The Hall–Kier alpha value is -2.42. The van der Waals surface area contributed by atoms with Gasteiger partial charge in [0.05, 0.1) is 5.56 Å². The molecule has 2 aromatic carbocycles. The molecule has 0 unspecified atom stereocenters. The summed E-state index contributed by atoms with van der Waals surface area (Å²) in [6, 6.07) is 12.9. The molecule has 0 saturated carbocycles. The van der Waals surface area contributed by atoms with Gasteiger partial charge in [-0.05, 0) is 17.7 Å². The number of rotatable bonds is 3. The average Bonchev–Trinajstić information content (AvgIpc) is 2.38. The summed E-state index contributed by atoms with van der Waals surface area (Å²) in [5.74, 6) is -1.33. The third-order valence-electron chi connectivity index (χ3n) is 2.54. The monoisotopic (exact) mass is 242 g/mol. The molecule has 3 heteroatoms. The summed E-state index contributed by atoms with van der Waals surface area (Å²) in [7, 11) is 0. The first kappa shape index (κ1) is 12.0. The van der Waals surface area contributed by atoms with Crippen LogP contribution in [-0.2, 0) is 0 Å². The van der Waals surface area contributed by atoms with Crippen LogP contribution in [0.25, 0.3) is 12.2 Å². The van der Waals surface area contributed by atoms with Crippen molar-refractivity contribution in [1.82, 2.24) is 0 Å². The lowest BCUT2D eigenvalue weighted by Crippen LogP contribution is -1.98. The summed E-state index contributed by atoms with van der Waals surface area (Å²) < 4.78 is 13.4. The molecule has 0 spiro atoms. The highest BCUT2D eigenvalue weighted by Crippen LogP contribution is 2.15. The molecule has 18 heavy (non-hydrogen) atoms. The van der Waals surface area contributed by atoms with Gasteiger partial charge in [0.15, 0.2) is 0 Å². The van der Waals surface area contributed by atoms with Crippen molar-refractivity contribution in [2.24, 2.45) is 0 Å². The van der Waals surface area contributed by atoms with Crippen molar-refractivity contribution in [2.45, 2.75) is 0 Å². The molecule has 0 aliphatic heterocycles. The second kappa shape index (κ2) is 5.27. The van der Waals surface area contributed by atoms with Gasteiger partial charge in [-0.15, -0.1) is 0 Å². The first-order chi connectivity index (χ1) is 8.68. The number of benzene rings is 2. The minimum absolute atomic E-state index is 0.199. The number of hydrogen-bond donors (Lipinski definition) is 1. The van der Waals surface area contributed by atoms with Crippen molar-refractivity contribution in [1.29, 1.82) is 0 Å². The molecule has 2 rings (SSSR count). The van der Waals surface area contributed by atoms with Crippen LogP contribution in [0.3, 0.4) is 0 Å². The van der Waals surface area contributed by atoms with Gasteiger partial charge in [-0.1, -0.05) is 48.6 Å². The van der Waals surface area contributed by atoms with E-state index < -0.39 is 5.97 Å². The van der Waals surface area contributed by atoms with Gasteiger partial charge in [-0.2, -0.15) is 0 Å². The second-order valence-corrected chi connectivity index (χ2v) is 3.75. The number of halogens is 1. The standard InChI is InChI=1S/C15H11FO2/c16-14-8-4-2-6-12(14)10-9-11-5-1-3-7-13(11)15(17)18/h1-10H,(H,17,18)/b10-9+. The van der Waals surface area contributed by atoms with Crippen LogP contribution in [0.5, 0.6) is 0 Å². The number of carbonyl (C=O) groups is 1. The van der Waals surface area contributed by atoms with Crippen molar-refractivity contribution in [3.8, 4) is 0 Å². The Balaban J connectivity index is 2.35. The van der Waals surface area contributed by atoms with Crippen LogP contribution in [0.2, 0.25) is 0 Å². The van der Waals surface area contributed by atoms with Gasteiger partial charge in [0.25, 0.3) is 0 Å². The van der Waals surface area contributed by atoms with Gasteiger partial charge in [0.2, 0.25) is 0 Å². The summed E-state index contributed by atoms with van der Waals surface area (Å²) >= 11 is 0. The van der Waals surface area contributed by atoms with Gasteiger partial charge >= 0.3 is 5.97 Å². The Morgan fingerprint density at radius 3 is 2.17 bits per heavy atom. The molecule has 0 radical (unpaired) electrons. The number of aromatic carboxylic acids is 1. The van der Waals surface area contributed by atoms with E-state index in [1.54, 1.807) is 48.6 Å². The quantitative estimate of drug-likeness (QED) is 0.833. The Kier molecular flexibility index (Phi) is 3.53. The molecular formula is C15H11FO2. The van der Waals surface area contributed by atoms with Crippen LogP contribution in [0.1, 0.15) is 21.5 Å². The molecule has 0 aliphatic rings. The molecule has 0 heterocycles. The fraction of sp³-hybridized carbons (Fsp3) is 0. The van der Waals surface area contributed by atoms with E-state index in [9.17, 15) is 9.18 Å². The molecule has 1 N–H and O–H groups in total. The summed E-state index contributed by atoms with van der Waals surface area (Å²) in [6.07, 6.45) is 3.17. The average molecular weight is 242 g/mol. The minimum Gasteiger partial charge on any atom is -0.478 e. The summed E-state index contributed by atoms with van der Waals surface area (Å²) in [6.45, 7) is 0. The van der Waals surface area contributed by atoms with Crippen LogP contribution < -0.4 is 0 Å². The van der Waals surface area contributed by atoms with Gasteiger partial charge in [-0.25, -0.2) is 9.18 Å². The third-order valence-corrected chi connectivity index (χ3v) is 2.54. The zero-order valence-electron chi connectivity index (χ0n) is 9.51. The molecule has 0 saturated heterocycles. The fourth-order valence-corrected chi connectivity index (χ4v) is 1.63. The number of hydrogen-bond acceptors (Lipinski definition) is 1. The van der Waals surface area contributed by atoms with E-state index in [1.165, 1.54) is 12.1 Å². The highest BCUT2D eigenvalue weighted by Gasteiger charge is 2.06. The summed E-state index contributed by atoms with van der Waals surface area (Å²) in [5, 5.41) is 9.01. The normalized spacial score (nSPS) is 10.7. The van der Waals surface area contributed by atoms with Gasteiger partial charge in [0.1, 0.15) is 5.82 Å². The zero-order valence-corrected chi connectivity index (χ0v) is 9.51. The van der Waals surface area contributed by atoms with Crippen molar-refractivity contribution in [3.05, 3.63) is 71.0 Å². The molecular weight excluding hydrogens is 231 g/mol. The molecule has 0 atom stereocenters. The molecule has 2 nitrogen and oxygen atoms in total. The molecule has 0 aromatic heterocycles. The lowest BCUT2D eigenvalue weighted by atomic mass is 10.1. The van der Waals surface area contributed by atoms with Gasteiger partial charge in [0, 0.05) is 5.56 Å². The van der Waals surface area contributed by atoms with Crippen molar-refractivity contribution in [2.75, 3.05) is 0 Å². The highest BCUT2D eigenvalue weighted by molar-refractivity contribution is 5.93. The Morgan fingerprint density at radius 2 is 1.50 bits per heavy atom. The van der Waals surface area contributed by atoms with E-state index in [0.717, 1.165) is 0 Å². The Labute approximate surface area is 104 Å². The van der Waals surface area contributed by atoms with Crippen molar-refractivity contribution >= 4 is 18.1 Å². The maximum atomic E-state index is 13.4. The van der Waals surface area contributed by atoms with Crippen molar-refractivity contribution in [3.63, 3.8) is 0 Å². The van der Waals surface area contributed by atoms with Crippen molar-refractivity contribution < 1.29 is 14.3 Å². The molecule has 0 aliphatic carbocycles. The van der Waals surface area contributed by atoms with Crippen LogP contribution in [-0.4, -0.2) is 11.1 Å². The first-order valence-corrected chi connectivity index (χ1v) is 5.43. The predicted octanol–water partition coefficient (Wildman–Crippen LogP) is 3.69. The van der Waals surface area contributed by atoms with Crippen LogP contribution in [0, 0.1) is 5.82 Å². The Bertz CT molecular complexity index is 603. The molecule has 2 aromatic rings. The maximum Gasteiger partial charge on any atom is 0.336 e. The smallest absolute Gasteiger partial charge is 0.336 e. The molecule has 0 amide bonds. The largest absolute Gasteiger partial charge is 0.478 e. The van der Waals surface area contributed by atoms with Crippen LogP contribution >= 0.6 is 0 Å². The van der Waals surface area contributed by atoms with Gasteiger partial charge in [-0.3, -0.25) is 0 Å². The van der Waals surface area contributed by atoms with E-state index in [0.29, 0.717) is 11.1 Å². The molecule has 0 bridgehead atoms. The lowest BCUT2D eigenvalue weighted by Gasteiger charge is -2.00. The third kappa shape index (κ3) is 2.63. The highest BCUT2D eigenvalue weighted by atomic mass is 19.1. The first-order valence-electron chi connectivity index (χ1n) is 5.43. The van der Waals surface area contributed by atoms with Gasteiger partial charge < -0.3 is 5.11 Å². The predicted molar refractivity (Wildman–Crippen MR) is 68.7 cm³/mol. The molecule has 0 fully saturated rings. The van der Waals surface area contributed by atoms with Crippen LogP contribution in [0.4, 0.5) is 4.39 Å². The molecule has 90 valence electrons. The van der Waals surface area contributed by atoms with Crippen LogP contribution in [0.15, 0.2) is 48.5 Å².